The lowest BCUT2D eigenvalue weighted by molar-refractivity contribution is 0.0982. The third kappa shape index (κ3) is 4.50. The number of amidine groups is 1. The van der Waals surface area contributed by atoms with Crippen LogP contribution in [0.25, 0.3) is 6.08 Å². The summed E-state index contributed by atoms with van der Waals surface area (Å²) in [4.78, 5) is 17.5. The van der Waals surface area contributed by atoms with E-state index in [2.05, 4.69) is 37.8 Å². The summed E-state index contributed by atoms with van der Waals surface area (Å²) in [5, 5.41) is 1.27. The highest BCUT2D eigenvalue weighted by molar-refractivity contribution is 8.13. The van der Waals surface area contributed by atoms with E-state index in [1.807, 2.05) is 0 Å². The van der Waals surface area contributed by atoms with Crippen LogP contribution in [0.5, 0.6) is 0 Å². The number of rotatable bonds is 7. The third-order valence-corrected chi connectivity index (χ3v) is 6.34. The quantitative estimate of drug-likeness (QED) is 0.580. The minimum atomic E-state index is -0.248. The van der Waals surface area contributed by atoms with E-state index in [0.29, 0.717) is 28.6 Å². The molecule has 1 aliphatic heterocycles. The topological polar surface area (TPSA) is 55.5 Å². The maximum Gasteiger partial charge on any atom is 0.163 e. The molecule has 3 nitrogen and oxygen atoms in total. The van der Waals surface area contributed by atoms with Crippen molar-refractivity contribution >= 4 is 40.4 Å². The first-order valence-corrected chi connectivity index (χ1v) is 10.9. The fraction of sp³-hybridized carbons (Fsp3) is 0.304. The molecule has 28 heavy (non-hydrogen) atoms. The Labute approximate surface area is 176 Å². The van der Waals surface area contributed by atoms with Gasteiger partial charge in [-0.05, 0) is 54.2 Å². The number of aryl methyl sites for hydroxylation is 1. The predicted octanol–water partition coefficient (Wildman–Crippen LogP) is 5.86. The largest absolute Gasteiger partial charge is 0.379 e. The van der Waals surface area contributed by atoms with Crippen LogP contribution in [-0.2, 0) is 12.0 Å². The molecule has 2 N–H and O–H groups in total. The summed E-state index contributed by atoms with van der Waals surface area (Å²) < 4.78 is 0. The lowest BCUT2D eigenvalue weighted by Crippen LogP contribution is -2.31. The molecule has 1 aliphatic rings. The second-order valence-electron chi connectivity index (χ2n) is 6.99. The zero-order valence-electron chi connectivity index (χ0n) is 16.1. The molecule has 0 radical (unpaired) electrons. The van der Waals surface area contributed by atoms with Gasteiger partial charge in [-0.15, -0.1) is 0 Å². The standard InChI is InChI=1S/C23H25ClN2OS/c1-3-17-15-19(24)9-10-20(17)21(27)11-8-16-6-5-7-18(14-16)23(4-2)12-13-28-22(25)26-23/h3,5-7,9-10,14-15H,1,4,8,11-13H2,2H3,(H2,25,26). The molecule has 0 aliphatic carbocycles. The van der Waals surface area contributed by atoms with Crippen LogP contribution in [0.4, 0.5) is 0 Å². The first kappa shape index (κ1) is 20.7. The molecular formula is C23H25ClN2OS. The summed E-state index contributed by atoms with van der Waals surface area (Å²) in [6, 6.07) is 13.7. The zero-order chi connectivity index (χ0) is 20.1. The van der Waals surface area contributed by atoms with E-state index >= 15 is 0 Å². The Bertz CT molecular complexity index is 925. The molecule has 1 unspecified atom stereocenters. The molecule has 1 atom stereocenters. The number of aliphatic imine (C=N–C) groups is 1. The monoisotopic (exact) mass is 412 g/mol. The lowest BCUT2D eigenvalue weighted by atomic mass is 9.84. The molecule has 0 bridgehead atoms. The van der Waals surface area contributed by atoms with Gasteiger partial charge < -0.3 is 5.73 Å². The van der Waals surface area contributed by atoms with Gasteiger partial charge in [0.15, 0.2) is 11.0 Å². The Kier molecular flexibility index (Phi) is 6.63. The maximum absolute atomic E-state index is 12.7. The molecule has 0 fully saturated rings. The van der Waals surface area contributed by atoms with Crippen molar-refractivity contribution in [2.45, 2.75) is 38.1 Å². The number of carbonyl (C=O) groups is 1. The van der Waals surface area contributed by atoms with Crippen LogP contribution in [0.3, 0.4) is 0 Å². The van der Waals surface area contributed by atoms with Crippen LogP contribution >= 0.6 is 23.4 Å². The van der Waals surface area contributed by atoms with E-state index in [1.165, 1.54) is 5.56 Å². The summed E-state index contributed by atoms with van der Waals surface area (Å²) in [7, 11) is 0. The van der Waals surface area contributed by atoms with Gasteiger partial charge in [-0.1, -0.05) is 67.2 Å². The van der Waals surface area contributed by atoms with Crippen LogP contribution in [-0.4, -0.2) is 16.7 Å². The molecule has 1 heterocycles. The van der Waals surface area contributed by atoms with Crippen molar-refractivity contribution in [3.8, 4) is 0 Å². The van der Waals surface area contributed by atoms with Crippen molar-refractivity contribution in [3.05, 3.63) is 76.3 Å². The molecule has 0 spiro atoms. The third-order valence-electron chi connectivity index (χ3n) is 5.31. The molecule has 2 aromatic carbocycles. The molecule has 0 saturated heterocycles. The van der Waals surface area contributed by atoms with Crippen molar-refractivity contribution in [2.75, 3.05) is 5.75 Å². The summed E-state index contributed by atoms with van der Waals surface area (Å²) in [5.74, 6) is 1.07. The van der Waals surface area contributed by atoms with Gasteiger partial charge in [-0.3, -0.25) is 9.79 Å². The van der Waals surface area contributed by atoms with Gasteiger partial charge >= 0.3 is 0 Å². The number of nitrogens with zero attached hydrogens (tertiary/aromatic N) is 1. The minimum absolute atomic E-state index is 0.0958. The van der Waals surface area contributed by atoms with E-state index in [4.69, 9.17) is 22.3 Å². The van der Waals surface area contributed by atoms with Crippen molar-refractivity contribution in [2.24, 2.45) is 10.7 Å². The maximum atomic E-state index is 12.7. The van der Waals surface area contributed by atoms with E-state index in [9.17, 15) is 4.79 Å². The van der Waals surface area contributed by atoms with Gasteiger partial charge in [0.25, 0.3) is 0 Å². The molecule has 2 aromatic rings. The van der Waals surface area contributed by atoms with Crippen molar-refractivity contribution in [3.63, 3.8) is 0 Å². The molecule has 0 aromatic heterocycles. The summed E-state index contributed by atoms with van der Waals surface area (Å²) in [6.07, 6.45) is 4.68. The average molecular weight is 413 g/mol. The van der Waals surface area contributed by atoms with Crippen LogP contribution in [0.1, 0.15) is 53.2 Å². The number of halogens is 1. The van der Waals surface area contributed by atoms with E-state index in [1.54, 1.807) is 36.0 Å². The van der Waals surface area contributed by atoms with Gasteiger partial charge in [0, 0.05) is 22.8 Å². The van der Waals surface area contributed by atoms with Gasteiger partial charge in [-0.25, -0.2) is 0 Å². The van der Waals surface area contributed by atoms with Crippen LogP contribution < -0.4 is 5.73 Å². The minimum Gasteiger partial charge on any atom is -0.379 e. The second kappa shape index (κ2) is 8.97. The van der Waals surface area contributed by atoms with Crippen molar-refractivity contribution < 1.29 is 4.79 Å². The number of Topliss-reactive ketones (excluding diaryl/α,β-unsaturated/α-hetero) is 1. The first-order chi connectivity index (χ1) is 13.5. The van der Waals surface area contributed by atoms with E-state index in [0.717, 1.165) is 29.7 Å². The van der Waals surface area contributed by atoms with Crippen LogP contribution in [0.2, 0.25) is 5.02 Å². The number of hydrogen-bond acceptors (Lipinski definition) is 4. The summed E-state index contributed by atoms with van der Waals surface area (Å²) in [6.45, 7) is 5.94. The Morgan fingerprint density at radius 1 is 1.36 bits per heavy atom. The Balaban J connectivity index is 1.78. The Morgan fingerprint density at radius 2 is 2.18 bits per heavy atom. The molecule has 3 rings (SSSR count). The number of hydrogen-bond donors (Lipinski definition) is 1. The first-order valence-electron chi connectivity index (χ1n) is 9.50. The average Bonchev–Trinajstić information content (AvgIpc) is 2.72. The summed E-state index contributed by atoms with van der Waals surface area (Å²) >= 11 is 7.64. The van der Waals surface area contributed by atoms with Crippen molar-refractivity contribution in [1.82, 2.24) is 0 Å². The number of nitrogens with two attached hydrogens (primary N) is 1. The van der Waals surface area contributed by atoms with E-state index < -0.39 is 0 Å². The van der Waals surface area contributed by atoms with Gasteiger partial charge in [-0.2, -0.15) is 0 Å². The smallest absolute Gasteiger partial charge is 0.163 e. The zero-order valence-corrected chi connectivity index (χ0v) is 17.7. The molecule has 0 saturated carbocycles. The number of benzene rings is 2. The van der Waals surface area contributed by atoms with Crippen molar-refractivity contribution in [1.29, 1.82) is 0 Å². The van der Waals surface area contributed by atoms with Gasteiger partial charge in [0.2, 0.25) is 0 Å². The SMILES string of the molecule is C=Cc1cc(Cl)ccc1C(=O)CCc1cccc(C2(CC)CCSC(N)=N2)c1. The normalized spacial score (nSPS) is 19.1. The molecule has 0 amide bonds. The second-order valence-corrected chi connectivity index (χ2v) is 8.54. The van der Waals surface area contributed by atoms with Gasteiger partial charge in [0.1, 0.15) is 0 Å². The number of carbonyl (C=O) groups excluding carboxylic acids is 1. The molecule has 146 valence electrons. The number of ketones is 1. The predicted molar refractivity (Wildman–Crippen MR) is 121 cm³/mol. The highest BCUT2D eigenvalue weighted by Gasteiger charge is 2.32. The van der Waals surface area contributed by atoms with Crippen LogP contribution in [0.15, 0.2) is 54.0 Å². The van der Waals surface area contributed by atoms with Crippen LogP contribution in [0, 0.1) is 0 Å². The number of thioether (sulfide) groups is 1. The lowest BCUT2D eigenvalue weighted by Gasteiger charge is -2.33. The Hall–Kier alpha value is -2.04. The highest BCUT2D eigenvalue weighted by Crippen LogP contribution is 2.38. The molecule has 5 heteroatoms. The Morgan fingerprint density at radius 3 is 2.89 bits per heavy atom. The highest BCUT2D eigenvalue weighted by atomic mass is 35.5. The molecular weight excluding hydrogens is 388 g/mol. The van der Waals surface area contributed by atoms with Gasteiger partial charge in [0.05, 0.1) is 5.54 Å². The summed E-state index contributed by atoms with van der Waals surface area (Å²) in [5.41, 5.74) is 9.53. The van der Waals surface area contributed by atoms with E-state index in [-0.39, 0.29) is 11.3 Å². The fourth-order valence-electron chi connectivity index (χ4n) is 3.66. The fourth-order valence-corrected chi connectivity index (χ4v) is 4.73.